The Morgan fingerprint density at radius 2 is 1.83 bits per heavy atom. The normalized spacial score (nSPS) is 11.0. The van der Waals surface area contributed by atoms with Gasteiger partial charge in [-0.3, -0.25) is 9.52 Å². The number of benzene rings is 2. The van der Waals surface area contributed by atoms with Crippen molar-refractivity contribution >= 4 is 37.5 Å². The van der Waals surface area contributed by atoms with Crippen molar-refractivity contribution in [3.8, 4) is 0 Å². The van der Waals surface area contributed by atoms with E-state index in [-0.39, 0.29) is 10.8 Å². The molecule has 23 heavy (non-hydrogen) atoms. The van der Waals surface area contributed by atoms with Gasteiger partial charge in [0.2, 0.25) is 0 Å². The lowest BCUT2D eigenvalue weighted by Crippen LogP contribution is -2.24. The average molecular weight is 397 g/mol. The van der Waals surface area contributed by atoms with Gasteiger partial charge in [-0.05, 0) is 48.9 Å². The fourth-order valence-electron chi connectivity index (χ4n) is 1.88. The van der Waals surface area contributed by atoms with Crippen molar-refractivity contribution in [2.45, 2.75) is 18.2 Å². The summed E-state index contributed by atoms with van der Waals surface area (Å²) in [6.07, 6.45) is 0.814. The van der Waals surface area contributed by atoms with Crippen LogP contribution in [0.15, 0.2) is 57.9 Å². The molecule has 2 rings (SSSR count). The number of hydrogen-bond donors (Lipinski definition) is 2. The number of nitrogens with one attached hydrogen (secondary N) is 2. The zero-order chi connectivity index (χ0) is 16.9. The number of anilines is 1. The summed E-state index contributed by atoms with van der Waals surface area (Å²) in [5.41, 5.74) is 0.770. The predicted molar refractivity (Wildman–Crippen MR) is 94.0 cm³/mol. The van der Waals surface area contributed by atoms with Crippen molar-refractivity contribution in [3.63, 3.8) is 0 Å². The highest BCUT2D eigenvalue weighted by Crippen LogP contribution is 2.19. The van der Waals surface area contributed by atoms with Crippen LogP contribution in [0.4, 0.5) is 5.69 Å². The SMILES string of the molecule is CCCNC(=O)c1cccc(S(=O)(=O)Nc2ccc(Br)cc2)c1. The lowest BCUT2D eigenvalue weighted by molar-refractivity contribution is 0.0953. The van der Waals surface area contributed by atoms with Crippen LogP contribution in [0, 0.1) is 0 Å². The molecule has 0 aliphatic carbocycles. The number of carbonyl (C=O) groups excluding carboxylic acids is 1. The molecule has 0 spiro atoms. The topological polar surface area (TPSA) is 75.3 Å². The standard InChI is InChI=1S/C16H17BrN2O3S/c1-2-10-18-16(20)12-4-3-5-15(11-12)23(21,22)19-14-8-6-13(17)7-9-14/h3-9,11,19H,2,10H2,1H3,(H,18,20). The van der Waals surface area contributed by atoms with Crippen molar-refractivity contribution in [3.05, 3.63) is 58.6 Å². The van der Waals surface area contributed by atoms with Gasteiger partial charge < -0.3 is 5.32 Å². The van der Waals surface area contributed by atoms with E-state index in [1.807, 2.05) is 6.92 Å². The predicted octanol–water partition coefficient (Wildman–Crippen LogP) is 3.39. The van der Waals surface area contributed by atoms with Crippen LogP contribution in [0.25, 0.3) is 0 Å². The van der Waals surface area contributed by atoms with Gasteiger partial charge in [0, 0.05) is 22.3 Å². The molecular weight excluding hydrogens is 380 g/mol. The molecule has 7 heteroatoms. The first-order chi connectivity index (χ1) is 10.9. The van der Waals surface area contributed by atoms with Crippen LogP contribution < -0.4 is 10.0 Å². The molecule has 0 radical (unpaired) electrons. The Balaban J connectivity index is 2.22. The van der Waals surface area contributed by atoms with Crippen molar-refractivity contribution in [2.75, 3.05) is 11.3 Å². The van der Waals surface area contributed by atoms with Crippen LogP contribution in [0.3, 0.4) is 0 Å². The minimum Gasteiger partial charge on any atom is -0.352 e. The highest BCUT2D eigenvalue weighted by atomic mass is 79.9. The number of rotatable bonds is 6. The zero-order valence-corrected chi connectivity index (χ0v) is 14.9. The quantitative estimate of drug-likeness (QED) is 0.785. The molecule has 0 aromatic heterocycles. The van der Waals surface area contributed by atoms with Crippen molar-refractivity contribution in [2.24, 2.45) is 0 Å². The molecule has 0 bridgehead atoms. The summed E-state index contributed by atoms with van der Waals surface area (Å²) in [6, 6.07) is 12.8. The third-order valence-electron chi connectivity index (χ3n) is 3.04. The Bertz CT molecular complexity index is 789. The molecule has 0 saturated carbocycles. The molecule has 122 valence electrons. The minimum atomic E-state index is -3.75. The number of carbonyl (C=O) groups is 1. The minimum absolute atomic E-state index is 0.0459. The Morgan fingerprint density at radius 3 is 2.48 bits per heavy atom. The fourth-order valence-corrected chi connectivity index (χ4v) is 3.25. The molecule has 0 aliphatic heterocycles. The van der Waals surface area contributed by atoms with Crippen LogP contribution in [0.1, 0.15) is 23.7 Å². The maximum Gasteiger partial charge on any atom is 0.261 e. The second kappa shape index (κ2) is 7.61. The molecule has 1 amide bonds. The van der Waals surface area contributed by atoms with Crippen LogP contribution in [-0.4, -0.2) is 20.9 Å². The van der Waals surface area contributed by atoms with Gasteiger partial charge in [-0.1, -0.05) is 28.9 Å². The van der Waals surface area contributed by atoms with Gasteiger partial charge in [-0.25, -0.2) is 8.42 Å². The monoisotopic (exact) mass is 396 g/mol. The van der Waals surface area contributed by atoms with E-state index >= 15 is 0 Å². The van der Waals surface area contributed by atoms with Gasteiger partial charge in [-0.15, -0.1) is 0 Å². The molecule has 0 saturated heterocycles. The summed E-state index contributed by atoms with van der Waals surface area (Å²) in [7, 11) is -3.75. The van der Waals surface area contributed by atoms with E-state index in [4.69, 9.17) is 0 Å². The lowest BCUT2D eigenvalue weighted by Gasteiger charge is -2.10. The average Bonchev–Trinajstić information content (AvgIpc) is 2.54. The molecule has 5 nitrogen and oxygen atoms in total. The van der Waals surface area contributed by atoms with E-state index in [2.05, 4.69) is 26.0 Å². The first-order valence-corrected chi connectivity index (χ1v) is 9.36. The van der Waals surface area contributed by atoms with Gasteiger partial charge in [0.1, 0.15) is 0 Å². The number of halogens is 1. The second-order valence-electron chi connectivity index (χ2n) is 4.90. The maximum atomic E-state index is 12.4. The Morgan fingerprint density at radius 1 is 1.13 bits per heavy atom. The molecule has 0 atom stereocenters. The van der Waals surface area contributed by atoms with Crippen molar-refractivity contribution < 1.29 is 13.2 Å². The molecule has 0 unspecified atom stereocenters. The van der Waals surface area contributed by atoms with E-state index in [9.17, 15) is 13.2 Å². The zero-order valence-electron chi connectivity index (χ0n) is 12.5. The van der Waals surface area contributed by atoms with E-state index in [1.165, 1.54) is 12.1 Å². The first kappa shape index (κ1) is 17.5. The third kappa shape index (κ3) is 4.80. The van der Waals surface area contributed by atoms with Crippen LogP contribution in [-0.2, 0) is 10.0 Å². The highest BCUT2D eigenvalue weighted by molar-refractivity contribution is 9.10. The summed E-state index contributed by atoms with van der Waals surface area (Å²) in [4.78, 5) is 12.0. The van der Waals surface area contributed by atoms with Crippen LogP contribution in [0.5, 0.6) is 0 Å². The summed E-state index contributed by atoms with van der Waals surface area (Å²) in [5, 5.41) is 2.72. The Kier molecular flexibility index (Phi) is 5.79. The molecule has 0 heterocycles. The van der Waals surface area contributed by atoms with E-state index in [0.29, 0.717) is 17.8 Å². The lowest BCUT2D eigenvalue weighted by atomic mass is 10.2. The van der Waals surface area contributed by atoms with E-state index in [0.717, 1.165) is 10.9 Å². The van der Waals surface area contributed by atoms with Crippen molar-refractivity contribution in [1.29, 1.82) is 0 Å². The molecule has 0 aliphatic rings. The Hall–Kier alpha value is -1.86. The Labute approximate surface area is 144 Å². The summed E-state index contributed by atoms with van der Waals surface area (Å²) >= 11 is 3.29. The third-order valence-corrected chi connectivity index (χ3v) is 4.95. The fraction of sp³-hybridized carbons (Fsp3) is 0.188. The van der Waals surface area contributed by atoms with Gasteiger partial charge >= 0.3 is 0 Å². The molecule has 0 fully saturated rings. The van der Waals surface area contributed by atoms with Gasteiger partial charge in [-0.2, -0.15) is 0 Å². The highest BCUT2D eigenvalue weighted by Gasteiger charge is 2.16. The number of amides is 1. The molecule has 2 aromatic carbocycles. The van der Waals surface area contributed by atoms with Crippen LogP contribution >= 0.6 is 15.9 Å². The van der Waals surface area contributed by atoms with Crippen molar-refractivity contribution in [1.82, 2.24) is 5.32 Å². The van der Waals surface area contributed by atoms with Crippen LogP contribution in [0.2, 0.25) is 0 Å². The number of hydrogen-bond acceptors (Lipinski definition) is 3. The van der Waals surface area contributed by atoms with E-state index in [1.54, 1.807) is 36.4 Å². The summed E-state index contributed by atoms with van der Waals surface area (Å²) in [5.74, 6) is -0.285. The number of sulfonamides is 1. The largest absolute Gasteiger partial charge is 0.352 e. The molecular formula is C16H17BrN2O3S. The first-order valence-electron chi connectivity index (χ1n) is 7.09. The summed E-state index contributed by atoms with van der Waals surface area (Å²) < 4.78 is 28.2. The smallest absolute Gasteiger partial charge is 0.261 e. The molecule has 2 N–H and O–H groups in total. The second-order valence-corrected chi connectivity index (χ2v) is 7.49. The van der Waals surface area contributed by atoms with Gasteiger partial charge in [0.05, 0.1) is 4.90 Å². The van der Waals surface area contributed by atoms with Gasteiger partial charge in [0.15, 0.2) is 0 Å². The van der Waals surface area contributed by atoms with E-state index < -0.39 is 10.0 Å². The molecule has 2 aromatic rings. The maximum absolute atomic E-state index is 12.4. The summed E-state index contributed by atoms with van der Waals surface area (Å²) in [6.45, 7) is 2.50. The van der Waals surface area contributed by atoms with Gasteiger partial charge in [0.25, 0.3) is 15.9 Å².